The van der Waals surface area contributed by atoms with Crippen molar-refractivity contribution in [3.8, 4) is 5.75 Å². The molecule has 4 N–H and O–H groups in total. The molecular weight excluding hydrogens is 280 g/mol. The third-order valence-corrected chi connectivity index (χ3v) is 4.15. The highest BCUT2D eigenvalue weighted by atomic mass is 32.2. The second kappa shape index (κ2) is 7.47. The molecule has 1 rings (SSSR count). The van der Waals surface area contributed by atoms with Crippen LogP contribution in [0.2, 0.25) is 0 Å². The van der Waals surface area contributed by atoms with E-state index in [0.717, 1.165) is 6.42 Å². The fourth-order valence-corrected chi connectivity index (χ4v) is 2.50. The minimum Gasteiger partial charge on any atom is -0.506 e. The summed E-state index contributed by atoms with van der Waals surface area (Å²) in [5, 5.41) is 9.27. The summed E-state index contributed by atoms with van der Waals surface area (Å²) in [5.74, 6) is 0.424. The first-order chi connectivity index (χ1) is 9.33. The number of hydrogen-bond donors (Lipinski definition) is 3. The van der Waals surface area contributed by atoms with Gasteiger partial charge in [0.2, 0.25) is 10.0 Å². The molecule has 0 saturated carbocycles. The standard InChI is InChI=1S/C13H22N2O4S/c1-10(2)5-7-19-8-6-15-20(17,18)11-3-4-13(16)12(14)9-11/h3-4,9-10,15-16H,5-8,14H2,1-2H3. The van der Waals surface area contributed by atoms with E-state index in [-0.39, 0.29) is 22.9 Å². The van der Waals surface area contributed by atoms with Crippen LogP contribution in [0.4, 0.5) is 5.69 Å². The van der Waals surface area contributed by atoms with Crippen LogP contribution >= 0.6 is 0 Å². The number of rotatable bonds is 8. The molecule has 0 amide bonds. The first kappa shape index (κ1) is 16.7. The Hall–Kier alpha value is -1.31. The fraction of sp³-hybridized carbons (Fsp3) is 0.538. The Morgan fingerprint density at radius 1 is 1.35 bits per heavy atom. The SMILES string of the molecule is CC(C)CCOCCNS(=O)(=O)c1ccc(O)c(N)c1. The van der Waals surface area contributed by atoms with E-state index in [2.05, 4.69) is 18.6 Å². The van der Waals surface area contributed by atoms with Crippen LogP contribution in [0.5, 0.6) is 5.75 Å². The quantitative estimate of drug-likeness (QED) is 0.382. The number of anilines is 1. The van der Waals surface area contributed by atoms with Crippen LogP contribution in [0.3, 0.4) is 0 Å². The van der Waals surface area contributed by atoms with E-state index in [1.807, 2.05) is 0 Å². The Morgan fingerprint density at radius 2 is 2.05 bits per heavy atom. The van der Waals surface area contributed by atoms with E-state index in [1.165, 1.54) is 18.2 Å². The molecule has 7 heteroatoms. The van der Waals surface area contributed by atoms with Crippen molar-refractivity contribution in [1.82, 2.24) is 4.72 Å². The molecule has 114 valence electrons. The highest BCUT2D eigenvalue weighted by molar-refractivity contribution is 7.89. The number of phenols is 1. The van der Waals surface area contributed by atoms with Gasteiger partial charge in [-0.15, -0.1) is 0 Å². The normalized spacial score (nSPS) is 11.9. The summed E-state index contributed by atoms with van der Waals surface area (Å²) < 4.78 is 31.6. The Balaban J connectivity index is 2.43. The summed E-state index contributed by atoms with van der Waals surface area (Å²) in [4.78, 5) is 0.0231. The predicted octanol–water partition coefficient (Wildman–Crippen LogP) is 1.32. The number of nitrogens with one attached hydrogen (secondary N) is 1. The highest BCUT2D eigenvalue weighted by Crippen LogP contribution is 2.22. The van der Waals surface area contributed by atoms with Gasteiger partial charge in [-0.25, -0.2) is 13.1 Å². The van der Waals surface area contributed by atoms with Gasteiger partial charge in [-0.05, 0) is 30.5 Å². The van der Waals surface area contributed by atoms with Gasteiger partial charge >= 0.3 is 0 Å². The molecule has 20 heavy (non-hydrogen) atoms. The van der Waals surface area contributed by atoms with Crippen LogP contribution in [-0.2, 0) is 14.8 Å². The molecule has 0 bridgehead atoms. The average molecular weight is 302 g/mol. The highest BCUT2D eigenvalue weighted by Gasteiger charge is 2.14. The van der Waals surface area contributed by atoms with Crippen LogP contribution < -0.4 is 10.5 Å². The van der Waals surface area contributed by atoms with Gasteiger partial charge in [-0.1, -0.05) is 13.8 Å². The summed E-state index contributed by atoms with van der Waals surface area (Å²) in [6, 6.07) is 3.77. The summed E-state index contributed by atoms with van der Waals surface area (Å²) in [5.41, 5.74) is 5.50. The maximum atomic E-state index is 11.9. The first-order valence-electron chi connectivity index (χ1n) is 6.49. The Labute approximate surface area is 120 Å². The van der Waals surface area contributed by atoms with Gasteiger partial charge in [0.1, 0.15) is 5.75 Å². The molecule has 0 aliphatic rings. The van der Waals surface area contributed by atoms with Crippen molar-refractivity contribution in [3.63, 3.8) is 0 Å². The Kier molecular flexibility index (Phi) is 6.25. The van der Waals surface area contributed by atoms with Crippen LogP contribution in [0.1, 0.15) is 20.3 Å². The van der Waals surface area contributed by atoms with Gasteiger partial charge in [-0.3, -0.25) is 0 Å². The summed E-state index contributed by atoms with van der Waals surface area (Å²) in [6.07, 6.45) is 0.946. The molecule has 0 saturated heterocycles. The minimum absolute atomic E-state index is 0.0231. The average Bonchev–Trinajstić information content (AvgIpc) is 2.36. The van der Waals surface area contributed by atoms with Crippen molar-refractivity contribution in [2.24, 2.45) is 5.92 Å². The summed E-state index contributed by atoms with van der Waals surface area (Å²) in [6.45, 7) is 5.33. The third-order valence-electron chi connectivity index (χ3n) is 2.69. The van der Waals surface area contributed by atoms with Crippen LogP contribution in [0.25, 0.3) is 0 Å². The van der Waals surface area contributed by atoms with E-state index >= 15 is 0 Å². The van der Waals surface area contributed by atoms with Crippen molar-refractivity contribution in [2.75, 3.05) is 25.5 Å². The number of ether oxygens (including phenoxy) is 1. The number of hydrogen-bond acceptors (Lipinski definition) is 5. The molecule has 0 spiro atoms. The van der Waals surface area contributed by atoms with Gasteiger partial charge in [0, 0.05) is 13.2 Å². The first-order valence-corrected chi connectivity index (χ1v) is 7.97. The fourth-order valence-electron chi connectivity index (χ4n) is 1.45. The van der Waals surface area contributed by atoms with Crippen LogP contribution in [-0.4, -0.2) is 33.3 Å². The van der Waals surface area contributed by atoms with E-state index in [4.69, 9.17) is 10.5 Å². The molecule has 0 heterocycles. The molecule has 0 fully saturated rings. The largest absolute Gasteiger partial charge is 0.506 e. The van der Waals surface area contributed by atoms with Crippen molar-refractivity contribution in [2.45, 2.75) is 25.2 Å². The predicted molar refractivity (Wildman–Crippen MR) is 78.0 cm³/mol. The topological polar surface area (TPSA) is 102 Å². The molecule has 0 aliphatic heterocycles. The Bertz CT molecular complexity index is 529. The number of aromatic hydroxyl groups is 1. The summed E-state index contributed by atoms with van der Waals surface area (Å²) >= 11 is 0. The molecular formula is C13H22N2O4S. The monoisotopic (exact) mass is 302 g/mol. The van der Waals surface area contributed by atoms with Gasteiger partial charge in [0.25, 0.3) is 0 Å². The van der Waals surface area contributed by atoms with Crippen LogP contribution in [0, 0.1) is 5.92 Å². The molecule has 0 radical (unpaired) electrons. The lowest BCUT2D eigenvalue weighted by atomic mass is 10.1. The lowest BCUT2D eigenvalue weighted by Crippen LogP contribution is -2.27. The van der Waals surface area contributed by atoms with Crippen LogP contribution in [0.15, 0.2) is 23.1 Å². The number of nitrogens with two attached hydrogens (primary N) is 1. The number of phenolic OH excluding ortho intramolecular Hbond substituents is 1. The second-order valence-corrected chi connectivity index (χ2v) is 6.68. The van der Waals surface area contributed by atoms with Crippen molar-refractivity contribution >= 4 is 15.7 Å². The zero-order chi connectivity index (χ0) is 15.2. The molecule has 1 aromatic rings. The van der Waals surface area contributed by atoms with E-state index in [0.29, 0.717) is 19.1 Å². The third kappa shape index (κ3) is 5.36. The van der Waals surface area contributed by atoms with Crippen molar-refractivity contribution < 1.29 is 18.3 Å². The lowest BCUT2D eigenvalue weighted by Gasteiger charge is -2.09. The van der Waals surface area contributed by atoms with Crippen molar-refractivity contribution in [3.05, 3.63) is 18.2 Å². The Morgan fingerprint density at radius 3 is 2.65 bits per heavy atom. The molecule has 0 atom stereocenters. The maximum Gasteiger partial charge on any atom is 0.240 e. The van der Waals surface area contributed by atoms with Gasteiger partial charge in [-0.2, -0.15) is 0 Å². The molecule has 6 nitrogen and oxygen atoms in total. The minimum atomic E-state index is -3.62. The van der Waals surface area contributed by atoms with Gasteiger partial charge in [0.15, 0.2) is 0 Å². The zero-order valence-corrected chi connectivity index (χ0v) is 12.6. The van der Waals surface area contributed by atoms with Gasteiger partial charge in [0.05, 0.1) is 17.2 Å². The molecule has 0 unspecified atom stereocenters. The van der Waals surface area contributed by atoms with E-state index in [9.17, 15) is 13.5 Å². The summed E-state index contributed by atoms with van der Waals surface area (Å²) in [7, 11) is -3.62. The second-order valence-electron chi connectivity index (χ2n) is 4.91. The number of nitrogen functional groups attached to an aromatic ring is 1. The van der Waals surface area contributed by atoms with Gasteiger partial charge < -0.3 is 15.6 Å². The smallest absolute Gasteiger partial charge is 0.240 e. The number of sulfonamides is 1. The van der Waals surface area contributed by atoms with Crippen molar-refractivity contribution in [1.29, 1.82) is 0 Å². The van der Waals surface area contributed by atoms with E-state index in [1.54, 1.807) is 0 Å². The zero-order valence-electron chi connectivity index (χ0n) is 11.8. The lowest BCUT2D eigenvalue weighted by molar-refractivity contribution is 0.128. The number of benzene rings is 1. The molecule has 0 aromatic heterocycles. The maximum absolute atomic E-state index is 11.9. The molecule has 0 aliphatic carbocycles. The van der Waals surface area contributed by atoms with E-state index < -0.39 is 10.0 Å². The molecule has 1 aromatic carbocycles.